The molecule has 0 fully saturated rings. The van der Waals surface area contributed by atoms with Gasteiger partial charge in [-0.1, -0.05) is 0 Å². The SMILES string of the molecule is Cc1cc(CN(C)Cc2nc3ccc(F)cc3[nH]2)nn1C. The summed E-state index contributed by atoms with van der Waals surface area (Å²) in [4.78, 5) is 9.74. The van der Waals surface area contributed by atoms with Gasteiger partial charge >= 0.3 is 0 Å². The third-order valence-electron chi connectivity index (χ3n) is 3.51. The lowest BCUT2D eigenvalue weighted by Gasteiger charge is -2.12. The Morgan fingerprint density at radius 1 is 1.29 bits per heavy atom. The lowest BCUT2D eigenvalue weighted by molar-refractivity contribution is 0.307. The van der Waals surface area contributed by atoms with E-state index >= 15 is 0 Å². The van der Waals surface area contributed by atoms with Gasteiger partial charge in [0.2, 0.25) is 0 Å². The maximum atomic E-state index is 13.2. The number of nitrogens with one attached hydrogen (secondary N) is 1. The number of aryl methyl sites for hydroxylation is 2. The summed E-state index contributed by atoms with van der Waals surface area (Å²) >= 11 is 0. The Morgan fingerprint density at radius 3 is 2.81 bits per heavy atom. The molecule has 0 aliphatic rings. The molecule has 1 aromatic carbocycles. The zero-order chi connectivity index (χ0) is 15.0. The van der Waals surface area contributed by atoms with Gasteiger partial charge in [0.05, 0.1) is 23.3 Å². The van der Waals surface area contributed by atoms with Gasteiger partial charge in [0.15, 0.2) is 0 Å². The first-order valence-electron chi connectivity index (χ1n) is 6.83. The highest BCUT2D eigenvalue weighted by molar-refractivity contribution is 5.74. The average molecular weight is 287 g/mol. The third kappa shape index (κ3) is 2.95. The zero-order valence-corrected chi connectivity index (χ0v) is 12.4. The van der Waals surface area contributed by atoms with E-state index in [9.17, 15) is 4.39 Å². The lowest BCUT2D eigenvalue weighted by Crippen LogP contribution is -2.18. The molecular formula is C15H18FN5. The summed E-state index contributed by atoms with van der Waals surface area (Å²) in [5.74, 6) is 0.570. The van der Waals surface area contributed by atoms with Crippen LogP contribution in [0.5, 0.6) is 0 Å². The highest BCUT2D eigenvalue weighted by Crippen LogP contribution is 2.14. The number of H-pyrrole nitrogens is 1. The van der Waals surface area contributed by atoms with Crippen molar-refractivity contribution in [1.82, 2.24) is 24.6 Å². The van der Waals surface area contributed by atoms with Crippen LogP contribution in [0.1, 0.15) is 17.2 Å². The predicted molar refractivity (Wildman–Crippen MR) is 79.2 cm³/mol. The molecule has 5 nitrogen and oxygen atoms in total. The third-order valence-corrected chi connectivity index (χ3v) is 3.51. The van der Waals surface area contributed by atoms with Crippen molar-refractivity contribution < 1.29 is 4.39 Å². The van der Waals surface area contributed by atoms with Gasteiger partial charge in [-0.15, -0.1) is 0 Å². The number of hydrogen-bond donors (Lipinski definition) is 1. The van der Waals surface area contributed by atoms with E-state index in [1.807, 2.05) is 25.7 Å². The summed E-state index contributed by atoms with van der Waals surface area (Å²) in [5.41, 5.74) is 3.68. The molecule has 2 aromatic heterocycles. The van der Waals surface area contributed by atoms with E-state index in [4.69, 9.17) is 0 Å². The average Bonchev–Trinajstić information content (AvgIpc) is 2.92. The molecule has 0 amide bonds. The molecule has 0 saturated carbocycles. The Morgan fingerprint density at radius 2 is 2.10 bits per heavy atom. The summed E-state index contributed by atoms with van der Waals surface area (Å²) in [6.45, 7) is 3.43. The Kier molecular flexibility index (Phi) is 3.47. The minimum absolute atomic E-state index is 0.255. The van der Waals surface area contributed by atoms with E-state index < -0.39 is 0 Å². The van der Waals surface area contributed by atoms with Gasteiger partial charge in [-0.2, -0.15) is 5.10 Å². The largest absolute Gasteiger partial charge is 0.341 e. The van der Waals surface area contributed by atoms with Crippen LogP contribution in [0.3, 0.4) is 0 Å². The molecule has 0 aliphatic carbocycles. The van der Waals surface area contributed by atoms with Crippen molar-refractivity contribution in [3.63, 3.8) is 0 Å². The first-order chi connectivity index (χ1) is 10.0. The highest BCUT2D eigenvalue weighted by atomic mass is 19.1. The smallest absolute Gasteiger partial charge is 0.125 e. The van der Waals surface area contributed by atoms with Crippen LogP contribution in [0.2, 0.25) is 0 Å². The minimum atomic E-state index is -0.255. The van der Waals surface area contributed by atoms with Gasteiger partial charge in [0.1, 0.15) is 11.6 Å². The quantitative estimate of drug-likeness (QED) is 0.801. The summed E-state index contributed by atoms with van der Waals surface area (Å²) in [5, 5.41) is 4.44. The monoisotopic (exact) mass is 287 g/mol. The number of benzene rings is 1. The van der Waals surface area contributed by atoms with Crippen molar-refractivity contribution in [2.75, 3.05) is 7.05 Å². The van der Waals surface area contributed by atoms with Crippen LogP contribution >= 0.6 is 0 Å². The Bertz CT molecular complexity index is 754. The van der Waals surface area contributed by atoms with E-state index in [2.05, 4.69) is 26.0 Å². The maximum absolute atomic E-state index is 13.2. The molecule has 1 N–H and O–H groups in total. The van der Waals surface area contributed by atoms with Crippen LogP contribution in [0.15, 0.2) is 24.3 Å². The molecule has 0 unspecified atom stereocenters. The van der Waals surface area contributed by atoms with E-state index in [1.165, 1.54) is 12.1 Å². The molecule has 0 radical (unpaired) electrons. The number of rotatable bonds is 4. The lowest BCUT2D eigenvalue weighted by atomic mass is 10.3. The van der Waals surface area contributed by atoms with Gasteiger partial charge in [0, 0.05) is 19.3 Å². The second kappa shape index (κ2) is 5.29. The number of hydrogen-bond acceptors (Lipinski definition) is 3. The second-order valence-electron chi connectivity index (χ2n) is 5.42. The summed E-state index contributed by atoms with van der Waals surface area (Å²) in [6.07, 6.45) is 0. The summed E-state index contributed by atoms with van der Waals surface area (Å²) in [6, 6.07) is 6.65. The molecule has 0 bridgehead atoms. The number of imidazole rings is 1. The fraction of sp³-hybridized carbons (Fsp3) is 0.333. The Balaban J connectivity index is 1.72. The Labute approximate surface area is 122 Å². The topological polar surface area (TPSA) is 49.7 Å². The molecular weight excluding hydrogens is 269 g/mol. The fourth-order valence-electron chi connectivity index (χ4n) is 2.41. The number of nitrogens with zero attached hydrogens (tertiary/aromatic N) is 4. The molecule has 0 spiro atoms. The van der Waals surface area contributed by atoms with Gasteiger partial charge in [-0.05, 0) is 38.2 Å². The highest BCUT2D eigenvalue weighted by Gasteiger charge is 2.09. The van der Waals surface area contributed by atoms with Crippen molar-refractivity contribution in [1.29, 1.82) is 0 Å². The number of fused-ring (bicyclic) bond motifs is 1. The second-order valence-corrected chi connectivity index (χ2v) is 5.42. The minimum Gasteiger partial charge on any atom is -0.341 e. The molecule has 3 aromatic rings. The van der Waals surface area contributed by atoms with Crippen LogP contribution in [-0.2, 0) is 20.1 Å². The van der Waals surface area contributed by atoms with Gasteiger partial charge in [0.25, 0.3) is 0 Å². The number of aromatic nitrogens is 4. The Hall–Kier alpha value is -2.21. The van der Waals surface area contributed by atoms with Gasteiger partial charge < -0.3 is 4.98 Å². The number of halogens is 1. The van der Waals surface area contributed by atoms with Crippen molar-refractivity contribution in [3.8, 4) is 0 Å². The first kappa shape index (κ1) is 13.8. The van der Waals surface area contributed by atoms with E-state index in [1.54, 1.807) is 6.07 Å². The molecule has 21 heavy (non-hydrogen) atoms. The van der Waals surface area contributed by atoms with E-state index in [-0.39, 0.29) is 5.82 Å². The van der Waals surface area contributed by atoms with Crippen molar-refractivity contribution >= 4 is 11.0 Å². The van der Waals surface area contributed by atoms with Crippen molar-refractivity contribution in [2.45, 2.75) is 20.0 Å². The number of aromatic amines is 1. The van der Waals surface area contributed by atoms with Gasteiger partial charge in [-0.3, -0.25) is 9.58 Å². The van der Waals surface area contributed by atoms with Crippen LogP contribution in [0, 0.1) is 12.7 Å². The maximum Gasteiger partial charge on any atom is 0.125 e. The standard InChI is InChI=1S/C15H18FN5/c1-10-6-12(19-21(10)3)8-20(2)9-15-17-13-5-4-11(16)7-14(13)18-15/h4-7H,8-9H2,1-3H3,(H,17,18). The zero-order valence-electron chi connectivity index (χ0n) is 12.4. The van der Waals surface area contributed by atoms with Crippen LogP contribution in [-0.4, -0.2) is 31.7 Å². The fourth-order valence-corrected chi connectivity index (χ4v) is 2.41. The molecule has 2 heterocycles. The van der Waals surface area contributed by atoms with Crippen LogP contribution < -0.4 is 0 Å². The summed E-state index contributed by atoms with van der Waals surface area (Å²) < 4.78 is 15.0. The molecule has 110 valence electrons. The molecule has 0 aliphatic heterocycles. The first-order valence-corrected chi connectivity index (χ1v) is 6.83. The molecule has 3 rings (SSSR count). The van der Waals surface area contributed by atoms with Crippen molar-refractivity contribution in [3.05, 3.63) is 47.3 Å². The van der Waals surface area contributed by atoms with Gasteiger partial charge in [-0.25, -0.2) is 9.37 Å². The van der Waals surface area contributed by atoms with E-state index in [0.717, 1.165) is 34.8 Å². The predicted octanol–water partition coefficient (Wildman–Crippen LogP) is 2.38. The van der Waals surface area contributed by atoms with Crippen LogP contribution in [0.4, 0.5) is 4.39 Å². The van der Waals surface area contributed by atoms with E-state index in [0.29, 0.717) is 6.54 Å². The summed E-state index contributed by atoms with van der Waals surface area (Å²) in [7, 11) is 3.95. The molecule has 0 saturated heterocycles. The normalized spacial score (nSPS) is 11.7. The molecule has 0 atom stereocenters. The van der Waals surface area contributed by atoms with Crippen molar-refractivity contribution in [2.24, 2.45) is 7.05 Å². The van der Waals surface area contributed by atoms with Crippen LogP contribution in [0.25, 0.3) is 11.0 Å². The molecule has 6 heteroatoms.